The lowest BCUT2D eigenvalue weighted by molar-refractivity contribution is 0.440. The third kappa shape index (κ3) is 0.864. The Bertz CT molecular complexity index is 234. The lowest BCUT2D eigenvalue weighted by Crippen LogP contribution is -2.35. The Balaban J connectivity index is 2.32. The van der Waals surface area contributed by atoms with E-state index in [9.17, 15) is 8.42 Å². The molecule has 0 spiro atoms. The molecule has 0 aromatic heterocycles. The maximum Gasteiger partial charge on any atom is 0.154 e. The molecule has 0 saturated carbocycles. The normalized spacial score (nSPS) is 43.6. The molecule has 2 atom stereocenters. The highest BCUT2D eigenvalue weighted by Gasteiger charge is 2.40. The third-order valence-corrected chi connectivity index (χ3v) is 4.69. The topological polar surface area (TPSA) is 46.2 Å². The first-order chi connectivity index (χ1) is 4.68. The summed E-state index contributed by atoms with van der Waals surface area (Å²) < 4.78 is 22.4. The van der Waals surface area contributed by atoms with Gasteiger partial charge in [-0.25, -0.2) is 8.42 Å². The van der Waals surface area contributed by atoms with Gasteiger partial charge >= 0.3 is 0 Å². The zero-order valence-corrected chi connectivity index (χ0v) is 6.52. The summed E-state index contributed by atoms with van der Waals surface area (Å²) in [6, 6.07) is 0. The van der Waals surface area contributed by atoms with Crippen LogP contribution >= 0.6 is 0 Å². The van der Waals surface area contributed by atoms with Crippen LogP contribution < -0.4 is 5.32 Å². The van der Waals surface area contributed by atoms with Crippen LogP contribution in [0, 0.1) is 5.92 Å². The minimum absolute atomic E-state index is 0.0637. The van der Waals surface area contributed by atoms with Crippen LogP contribution in [0.4, 0.5) is 0 Å². The van der Waals surface area contributed by atoms with E-state index in [2.05, 4.69) is 5.32 Å². The second-order valence-electron chi connectivity index (χ2n) is 3.21. The fourth-order valence-electron chi connectivity index (χ4n) is 1.85. The van der Waals surface area contributed by atoms with Crippen LogP contribution in [0.2, 0.25) is 0 Å². The van der Waals surface area contributed by atoms with Crippen molar-refractivity contribution < 1.29 is 8.42 Å². The summed E-state index contributed by atoms with van der Waals surface area (Å²) in [7, 11) is -2.69. The predicted molar refractivity (Wildman–Crippen MR) is 38.6 cm³/mol. The molecule has 0 amide bonds. The maximum absolute atomic E-state index is 11.2. The maximum atomic E-state index is 11.2. The van der Waals surface area contributed by atoms with E-state index in [1.165, 1.54) is 0 Å². The molecule has 0 radical (unpaired) electrons. The number of fused-ring (bicyclic) bond motifs is 2. The highest BCUT2D eigenvalue weighted by Crippen LogP contribution is 2.27. The van der Waals surface area contributed by atoms with E-state index in [1.807, 2.05) is 0 Å². The van der Waals surface area contributed by atoms with E-state index < -0.39 is 9.84 Å². The molecule has 2 saturated heterocycles. The van der Waals surface area contributed by atoms with Gasteiger partial charge in [0.15, 0.2) is 9.84 Å². The third-order valence-electron chi connectivity index (χ3n) is 2.38. The molecule has 2 fully saturated rings. The van der Waals surface area contributed by atoms with Crippen molar-refractivity contribution in [3.63, 3.8) is 0 Å². The molecule has 0 aliphatic carbocycles. The Morgan fingerprint density at radius 3 is 2.70 bits per heavy atom. The highest BCUT2D eigenvalue weighted by molar-refractivity contribution is 7.92. The Hall–Kier alpha value is -0.0900. The monoisotopic (exact) mass is 161 g/mol. The van der Waals surface area contributed by atoms with E-state index in [0.717, 1.165) is 13.0 Å². The zero-order chi connectivity index (χ0) is 7.19. The SMILES string of the molecule is O=S1(=O)C[C@@H]2CNC[C@H]1C2. The first-order valence-corrected chi connectivity index (χ1v) is 5.32. The molecular weight excluding hydrogens is 150 g/mol. The molecule has 1 N–H and O–H groups in total. The number of nitrogens with one attached hydrogen (secondary N) is 1. The average Bonchev–Trinajstić information content (AvgIpc) is 2.04. The Kier molecular flexibility index (Phi) is 1.29. The van der Waals surface area contributed by atoms with Gasteiger partial charge in [-0.3, -0.25) is 0 Å². The van der Waals surface area contributed by atoms with Crippen molar-refractivity contribution in [3.8, 4) is 0 Å². The van der Waals surface area contributed by atoms with E-state index in [1.54, 1.807) is 0 Å². The van der Waals surface area contributed by atoms with Gasteiger partial charge in [-0.05, 0) is 18.9 Å². The standard InChI is InChI=1S/C6H11NO2S/c8-10(9)4-5-1-6(10)3-7-2-5/h5-7H,1-4H2/t5-,6+/m0/s1. The van der Waals surface area contributed by atoms with Crippen LogP contribution in [0.15, 0.2) is 0 Å². The molecule has 10 heavy (non-hydrogen) atoms. The predicted octanol–water partition coefficient (Wildman–Crippen LogP) is -0.607. The van der Waals surface area contributed by atoms with Gasteiger partial charge in [0.05, 0.1) is 11.0 Å². The largest absolute Gasteiger partial charge is 0.315 e. The first-order valence-electron chi connectivity index (χ1n) is 3.61. The van der Waals surface area contributed by atoms with Crippen LogP contribution in [0.25, 0.3) is 0 Å². The van der Waals surface area contributed by atoms with Gasteiger partial charge in [0.2, 0.25) is 0 Å². The van der Waals surface area contributed by atoms with Crippen LogP contribution in [0.1, 0.15) is 6.42 Å². The Labute approximate surface area is 60.7 Å². The molecule has 2 aliphatic heterocycles. The molecule has 3 nitrogen and oxygen atoms in total. The van der Waals surface area contributed by atoms with E-state index in [4.69, 9.17) is 0 Å². The van der Waals surface area contributed by atoms with Crippen LogP contribution in [0.3, 0.4) is 0 Å². The summed E-state index contributed by atoms with van der Waals surface area (Å²) in [4.78, 5) is 0. The van der Waals surface area contributed by atoms with Gasteiger partial charge in [0, 0.05) is 6.54 Å². The number of rotatable bonds is 0. The Morgan fingerprint density at radius 1 is 1.30 bits per heavy atom. The van der Waals surface area contributed by atoms with Gasteiger partial charge < -0.3 is 5.32 Å². The number of hydrogen-bond acceptors (Lipinski definition) is 3. The van der Waals surface area contributed by atoms with Gasteiger partial charge in [-0.15, -0.1) is 0 Å². The fourth-order valence-corrected chi connectivity index (χ4v) is 3.97. The lowest BCUT2D eigenvalue weighted by atomic mass is 10.0. The Morgan fingerprint density at radius 2 is 2.10 bits per heavy atom. The molecule has 4 heteroatoms. The number of hydrogen-bond donors (Lipinski definition) is 1. The summed E-state index contributed by atoms with van der Waals surface area (Å²) in [6.07, 6.45) is 0.898. The second-order valence-corrected chi connectivity index (χ2v) is 5.54. The molecular formula is C6H11NO2S. The van der Waals surface area contributed by atoms with Gasteiger partial charge in [0.25, 0.3) is 0 Å². The minimum Gasteiger partial charge on any atom is -0.315 e. The lowest BCUT2D eigenvalue weighted by Gasteiger charge is -2.16. The highest BCUT2D eigenvalue weighted by atomic mass is 32.2. The van der Waals surface area contributed by atoms with Crippen molar-refractivity contribution in [2.75, 3.05) is 18.8 Å². The molecule has 58 valence electrons. The second kappa shape index (κ2) is 1.95. The molecule has 0 unspecified atom stereocenters. The average molecular weight is 161 g/mol. The summed E-state index contributed by atoms with van der Waals surface area (Å²) in [6.45, 7) is 1.58. The van der Waals surface area contributed by atoms with Crippen LogP contribution in [0.5, 0.6) is 0 Å². The van der Waals surface area contributed by atoms with Crippen molar-refractivity contribution in [2.24, 2.45) is 5.92 Å². The van der Waals surface area contributed by atoms with Crippen molar-refractivity contribution in [2.45, 2.75) is 11.7 Å². The van der Waals surface area contributed by atoms with Crippen molar-refractivity contribution >= 4 is 9.84 Å². The summed E-state index contributed by atoms with van der Waals surface area (Å²) in [5.74, 6) is 0.828. The summed E-state index contributed by atoms with van der Waals surface area (Å²) in [5, 5.41) is 3.06. The van der Waals surface area contributed by atoms with Gasteiger partial charge in [-0.2, -0.15) is 0 Å². The van der Waals surface area contributed by atoms with Crippen LogP contribution in [-0.2, 0) is 9.84 Å². The van der Waals surface area contributed by atoms with E-state index >= 15 is 0 Å². The smallest absolute Gasteiger partial charge is 0.154 e. The quantitative estimate of drug-likeness (QED) is 0.515. The van der Waals surface area contributed by atoms with Crippen LogP contribution in [-0.4, -0.2) is 32.5 Å². The minimum atomic E-state index is -2.69. The summed E-state index contributed by atoms with van der Waals surface area (Å²) in [5.41, 5.74) is 0. The van der Waals surface area contributed by atoms with Crippen molar-refractivity contribution in [3.05, 3.63) is 0 Å². The molecule has 0 aromatic rings. The molecule has 2 rings (SSSR count). The summed E-state index contributed by atoms with van der Waals surface area (Å²) >= 11 is 0. The molecule has 2 heterocycles. The van der Waals surface area contributed by atoms with Crippen molar-refractivity contribution in [1.82, 2.24) is 5.32 Å². The van der Waals surface area contributed by atoms with Gasteiger partial charge in [-0.1, -0.05) is 0 Å². The molecule has 2 bridgehead atoms. The van der Waals surface area contributed by atoms with E-state index in [-0.39, 0.29) is 5.25 Å². The number of piperidine rings is 1. The first kappa shape index (κ1) is 6.61. The molecule has 2 aliphatic rings. The fraction of sp³-hybridized carbons (Fsp3) is 1.00. The van der Waals surface area contributed by atoms with Crippen molar-refractivity contribution in [1.29, 1.82) is 0 Å². The zero-order valence-electron chi connectivity index (χ0n) is 5.71. The van der Waals surface area contributed by atoms with Gasteiger partial charge in [0.1, 0.15) is 0 Å². The molecule has 0 aromatic carbocycles. The number of sulfone groups is 1. The van der Waals surface area contributed by atoms with E-state index in [0.29, 0.717) is 18.2 Å².